The third kappa shape index (κ3) is 5.91. The zero-order valence-corrected chi connectivity index (χ0v) is 19.1. The Kier molecular flexibility index (Phi) is 7.76. The molecule has 1 fully saturated rings. The van der Waals surface area contributed by atoms with Gasteiger partial charge in [-0.1, -0.05) is 5.92 Å². The van der Waals surface area contributed by atoms with Gasteiger partial charge >= 0.3 is 5.97 Å². The normalized spacial score (nSPS) is 19.4. The van der Waals surface area contributed by atoms with Crippen molar-refractivity contribution in [2.45, 2.75) is 31.9 Å². The lowest BCUT2D eigenvalue weighted by atomic mass is 9.79. The maximum atomic E-state index is 15.4. The summed E-state index contributed by atoms with van der Waals surface area (Å²) in [6, 6.07) is 7.17. The quantitative estimate of drug-likeness (QED) is 0.491. The lowest BCUT2D eigenvalue weighted by Crippen LogP contribution is -2.41. The minimum Gasteiger partial charge on any atom is -0.497 e. The smallest absolute Gasteiger partial charge is 0.303 e. The van der Waals surface area contributed by atoms with Gasteiger partial charge in [0.05, 0.1) is 25.4 Å². The Bertz CT molecular complexity index is 1170. The number of benzene rings is 1. The molecule has 8 heteroatoms. The van der Waals surface area contributed by atoms with Crippen molar-refractivity contribution in [3.8, 4) is 17.6 Å². The number of carboxylic acid groups (broad SMARTS) is 1. The number of oxazole rings is 1. The molecule has 1 saturated heterocycles. The number of carbonyl (C=O) groups is 1. The molecule has 0 spiro atoms. The first-order valence-electron chi connectivity index (χ1n) is 11.4. The zero-order valence-electron chi connectivity index (χ0n) is 19.1. The lowest BCUT2D eigenvalue weighted by Gasteiger charge is -2.37. The number of hydrogen-bond acceptors (Lipinski definition) is 6. The summed E-state index contributed by atoms with van der Waals surface area (Å²) in [5, 5.41) is 10.2. The third-order valence-electron chi connectivity index (χ3n) is 6.45. The average Bonchev–Trinajstić information content (AvgIpc) is 3.36. The SMILES string of the molecule is COc1ccc2nccc(C(F)CC[C@@H]3CCN(CC#Cc4ncco4)C[C@@H]3CC(=O)O)c2c1. The fraction of sp³-hybridized carbons (Fsp3) is 0.423. The Labute approximate surface area is 198 Å². The van der Waals surface area contributed by atoms with E-state index in [0.29, 0.717) is 43.1 Å². The van der Waals surface area contributed by atoms with Crippen molar-refractivity contribution < 1.29 is 23.4 Å². The molecule has 2 aromatic heterocycles. The number of halogens is 1. The van der Waals surface area contributed by atoms with Gasteiger partial charge in [-0.25, -0.2) is 9.37 Å². The highest BCUT2D eigenvalue weighted by atomic mass is 19.1. The highest BCUT2D eigenvalue weighted by molar-refractivity contribution is 5.83. The predicted molar refractivity (Wildman–Crippen MR) is 125 cm³/mol. The van der Waals surface area contributed by atoms with Crippen molar-refractivity contribution in [2.75, 3.05) is 26.7 Å². The maximum absolute atomic E-state index is 15.4. The third-order valence-corrected chi connectivity index (χ3v) is 6.45. The molecule has 4 rings (SSSR count). The summed E-state index contributed by atoms with van der Waals surface area (Å²) in [7, 11) is 1.58. The van der Waals surface area contributed by atoms with Crippen LogP contribution in [0.1, 0.15) is 43.3 Å². The highest BCUT2D eigenvalue weighted by Crippen LogP contribution is 2.36. The van der Waals surface area contributed by atoms with Gasteiger partial charge in [0.2, 0.25) is 0 Å². The molecule has 34 heavy (non-hydrogen) atoms. The minimum atomic E-state index is -1.16. The Morgan fingerprint density at radius 3 is 2.97 bits per heavy atom. The molecule has 1 N–H and O–H groups in total. The van der Waals surface area contributed by atoms with Crippen LogP contribution in [0.4, 0.5) is 4.39 Å². The van der Waals surface area contributed by atoms with E-state index in [0.717, 1.165) is 23.9 Å². The number of aromatic nitrogens is 2. The first-order valence-corrected chi connectivity index (χ1v) is 11.4. The second-order valence-electron chi connectivity index (χ2n) is 8.61. The number of aliphatic carboxylic acids is 1. The average molecular weight is 466 g/mol. The molecule has 1 aliphatic rings. The van der Waals surface area contributed by atoms with Gasteiger partial charge in [0.1, 0.15) is 18.2 Å². The molecule has 178 valence electrons. The summed E-state index contributed by atoms with van der Waals surface area (Å²) in [6.45, 7) is 1.94. The fourth-order valence-electron chi connectivity index (χ4n) is 4.71. The molecule has 3 atom stereocenters. The minimum absolute atomic E-state index is 0.0451. The first kappa shape index (κ1) is 23.7. The highest BCUT2D eigenvalue weighted by Gasteiger charge is 2.31. The molecule has 1 unspecified atom stereocenters. The van der Waals surface area contributed by atoms with E-state index in [4.69, 9.17) is 9.15 Å². The molecule has 0 saturated carbocycles. The van der Waals surface area contributed by atoms with Gasteiger partial charge in [-0.05, 0) is 73.4 Å². The van der Waals surface area contributed by atoms with E-state index in [-0.39, 0.29) is 18.3 Å². The van der Waals surface area contributed by atoms with E-state index in [9.17, 15) is 9.90 Å². The van der Waals surface area contributed by atoms with Crippen LogP contribution in [0.3, 0.4) is 0 Å². The number of piperidine rings is 1. The number of hydrogen-bond donors (Lipinski definition) is 1. The number of methoxy groups -OCH3 is 1. The first-order chi connectivity index (χ1) is 16.5. The predicted octanol–water partition coefficient (Wildman–Crippen LogP) is 4.49. The molecule has 0 aliphatic carbocycles. The van der Waals surface area contributed by atoms with Crippen molar-refractivity contribution in [1.82, 2.24) is 14.9 Å². The van der Waals surface area contributed by atoms with Gasteiger partial charge in [0.15, 0.2) is 0 Å². The van der Waals surface area contributed by atoms with Crippen LogP contribution in [0.5, 0.6) is 5.75 Å². The van der Waals surface area contributed by atoms with E-state index in [1.807, 2.05) is 18.2 Å². The number of rotatable bonds is 8. The van der Waals surface area contributed by atoms with Gasteiger partial charge in [-0.3, -0.25) is 14.7 Å². The molecular weight excluding hydrogens is 437 g/mol. The lowest BCUT2D eigenvalue weighted by molar-refractivity contribution is -0.139. The molecule has 1 aromatic carbocycles. The van der Waals surface area contributed by atoms with E-state index in [2.05, 4.69) is 26.7 Å². The van der Waals surface area contributed by atoms with Crippen molar-refractivity contribution in [3.05, 3.63) is 54.4 Å². The van der Waals surface area contributed by atoms with Crippen LogP contribution in [0, 0.1) is 23.7 Å². The standard InChI is InChI=1S/C26H28FN3O4/c1-33-20-5-7-24-22(16-20)21(8-10-28-24)23(27)6-4-18-9-13-30(17-19(18)15-26(31)32)12-2-3-25-29-11-14-34-25/h5,7-8,10-11,14,16,18-19,23H,4,6,9,12-13,15,17H2,1H3,(H,31,32)/t18-,19+,23?/m1/s1. The Morgan fingerprint density at radius 2 is 2.21 bits per heavy atom. The molecule has 0 bridgehead atoms. The molecule has 3 aromatic rings. The van der Waals surface area contributed by atoms with Gasteiger partial charge in [0.25, 0.3) is 5.89 Å². The van der Waals surface area contributed by atoms with Gasteiger partial charge in [0, 0.05) is 24.5 Å². The van der Waals surface area contributed by atoms with Crippen LogP contribution in [-0.2, 0) is 4.79 Å². The van der Waals surface area contributed by atoms with Crippen molar-refractivity contribution in [2.24, 2.45) is 11.8 Å². The second kappa shape index (κ2) is 11.1. The molecular formula is C26H28FN3O4. The van der Waals surface area contributed by atoms with Crippen molar-refractivity contribution in [3.63, 3.8) is 0 Å². The summed E-state index contributed by atoms with van der Waals surface area (Å²) < 4.78 is 25.8. The summed E-state index contributed by atoms with van der Waals surface area (Å²) in [5.41, 5.74) is 1.32. The largest absolute Gasteiger partial charge is 0.497 e. The number of alkyl halides is 1. The van der Waals surface area contributed by atoms with E-state index >= 15 is 4.39 Å². The van der Waals surface area contributed by atoms with E-state index < -0.39 is 12.1 Å². The fourth-order valence-corrected chi connectivity index (χ4v) is 4.71. The van der Waals surface area contributed by atoms with Gasteiger partial charge < -0.3 is 14.3 Å². The Hall–Kier alpha value is -3.44. The number of ether oxygens (including phenoxy) is 1. The topological polar surface area (TPSA) is 88.7 Å². The summed E-state index contributed by atoms with van der Waals surface area (Å²) in [6.07, 6.45) is 5.33. The number of carboxylic acids is 1. The van der Waals surface area contributed by atoms with Crippen LogP contribution in [0.25, 0.3) is 10.9 Å². The number of fused-ring (bicyclic) bond motifs is 1. The zero-order chi connectivity index (χ0) is 23.9. The van der Waals surface area contributed by atoms with Crippen molar-refractivity contribution >= 4 is 16.9 Å². The van der Waals surface area contributed by atoms with Gasteiger partial charge in [-0.2, -0.15) is 0 Å². The van der Waals surface area contributed by atoms with Gasteiger partial charge in [-0.15, -0.1) is 0 Å². The number of nitrogens with zero attached hydrogens (tertiary/aromatic N) is 3. The number of pyridine rings is 1. The van der Waals surface area contributed by atoms with Crippen LogP contribution in [0.2, 0.25) is 0 Å². The molecule has 1 aliphatic heterocycles. The summed E-state index contributed by atoms with van der Waals surface area (Å²) in [5.74, 6) is 6.21. The van der Waals surface area contributed by atoms with E-state index in [1.165, 1.54) is 6.26 Å². The van der Waals surface area contributed by atoms with Crippen LogP contribution in [0.15, 0.2) is 47.3 Å². The van der Waals surface area contributed by atoms with Crippen molar-refractivity contribution in [1.29, 1.82) is 0 Å². The van der Waals surface area contributed by atoms with Crippen LogP contribution >= 0.6 is 0 Å². The number of likely N-dealkylation sites (tertiary alicyclic amines) is 1. The van der Waals surface area contributed by atoms with E-state index in [1.54, 1.807) is 25.6 Å². The summed E-state index contributed by atoms with van der Waals surface area (Å²) in [4.78, 5) is 22.0. The molecule has 3 heterocycles. The second-order valence-corrected chi connectivity index (χ2v) is 8.61. The monoisotopic (exact) mass is 465 g/mol. The summed E-state index contributed by atoms with van der Waals surface area (Å²) >= 11 is 0. The maximum Gasteiger partial charge on any atom is 0.303 e. The van der Waals surface area contributed by atoms with Crippen LogP contribution in [-0.4, -0.2) is 52.7 Å². The molecule has 0 amide bonds. The Morgan fingerprint density at radius 1 is 1.32 bits per heavy atom. The molecule has 7 nitrogen and oxygen atoms in total. The van der Waals surface area contributed by atoms with Crippen LogP contribution < -0.4 is 4.74 Å². The Balaban J connectivity index is 1.39. The molecule has 0 radical (unpaired) electrons.